The van der Waals surface area contributed by atoms with Crippen LogP contribution in [-0.4, -0.2) is 34.3 Å². The third kappa shape index (κ3) is 6.86. The molecule has 0 amide bonds. The molecule has 2 aromatic rings. The van der Waals surface area contributed by atoms with Gasteiger partial charge in [0.2, 0.25) is 0 Å². The predicted molar refractivity (Wildman–Crippen MR) is 91.6 cm³/mol. The number of allylic oxidation sites excluding steroid dienone is 1. The maximum Gasteiger partial charge on any atom is 0.673 e. The Morgan fingerprint density at radius 2 is 1.83 bits per heavy atom. The van der Waals surface area contributed by atoms with Gasteiger partial charge >= 0.3 is 132 Å². The van der Waals surface area contributed by atoms with Gasteiger partial charge in [0.15, 0.2) is 0 Å². The molecule has 0 saturated carbocycles. The van der Waals surface area contributed by atoms with Crippen molar-refractivity contribution in [3.63, 3.8) is 0 Å². The number of hydrogen-bond donors (Lipinski definition) is 0. The molecule has 0 spiro atoms. The molecule has 0 N–H and O–H groups in total. The van der Waals surface area contributed by atoms with Crippen LogP contribution >= 0.6 is 0 Å². The Labute approximate surface area is 149 Å². The zero-order chi connectivity index (χ0) is 18.3. The predicted octanol–water partition coefficient (Wildman–Crippen LogP) is 4.60. The zero-order valence-corrected chi connectivity index (χ0v) is 16.6. The first-order valence-corrected chi connectivity index (χ1v) is 10.2. The van der Waals surface area contributed by atoms with Crippen LogP contribution in [0.15, 0.2) is 24.0 Å². The molecule has 8 heteroatoms. The minimum absolute atomic E-state index is 0.264. The minimum atomic E-state index is -6.00. The maximum absolute atomic E-state index is 9.75. The van der Waals surface area contributed by atoms with E-state index in [0.29, 0.717) is 0 Å². The molecule has 2 nitrogen and oxygen atoms in total. The number of nitrogens with zero attached hydrogens (tertiary/aromatic N) is 1. The minimum Gasteiger partial charge on any atom is -0.418 e. The SMILES string of the molecule is CCO/C(=C/c1[te]c2ccc(C)cc2[n+]1CC)CC.F[B-](F)(F)F. The molecule has 0 fully saturated rings. The average Bonchev–Trinajstić information content (AvgIpc) is 2.81. The summed E-state index contributed by atoms with van der Waals surface area (Å²) in [5, 5.41) is 0. The van der Waals surface area contributed by atoms with E-state index < -0.39 is 7.25 Å². The summed E-state index contributed by atoms with van der Waals surface area (Å²) in [7, 11) is -6.00. The fraction of sp³-hybridized carbons (Fsp3) is 0.438. The number of aromatic nitrogens is 1. The van der Waals surface area contributed by atoms with Crippen molar-refractivity contribution in [1.29, 1.82) is 0 Å². The standard InChI is InChI=1S/C16H22NOTe.BF4/c1-5-13(18-7-3)11-16-17(6-2)14-10-12(4)8-9-15(14)19-16;2-1(3,4)5/h8-11H,5-7H2,1-4H3;/q+1;-1/b13-11+;. The Morgan fingerprint density at radius 1 is 1.21 bits per heavy atom. The van der Waals surface area contributed by atoms with E-state index in [1.165, 1.54) is 14.8 Å². The zero-order valence-electron chi connectivity index (χ0n) is 14.3. The third-order valence-corrected chi connectivity index (χ3v) is 6.34. The summed E-state index contributed by atoms with van der Waals surface area (Å²) in [5.41, 5.74) is 2.76. The van der Waals surface area contributed by atoms with E-state index in [1.54, 1.807) is 3.40 Å². The van der Waals surface area contributed by atoms with Crippen LogP contribution in [-0.2, 0) is 11.3 Å². The molecule has 134 valence electrons. The molecule has 0 atom stereocenters. The number of benzene rings is 1. The number of fused-ring (bicyclic) bond motifs is 1. The van der Waals surface area contributed by atoms with Crippen LogP contribution in [0.4, 0.5) is 17.3 Å². The molecule has 24 heavy (non-hydrogen) atoms. The second kappa shape index (κ2) is 9.48. The van der Waals surface area contributed by atoms with Crippen molar-refractivity contribution in [3.8, 4) is 0 Å². The van der Waals surface area contributed by atoms with E-state index in [0.717, 1.165) is 25.3 Å². The van der Waals surface area contributed by atoms with Crippen molar-refractivity contribution < 1.29 is 26.6 Å². The molecule has 0 aliphatic heterocycles. The van der Waals surface area contributed by atoms with Crippen molar-refractivity contribution in [2.75, 3.05) is 6.61 Å². The van der Waals surface area contributed by atoms with Crippen LogP contribution in [0.3, 0.4) is 0 Å². The first-order valence-electron chi connectivity index (χ1n) is 7.83. The van der Waals surface area contributed by atoms with Gasteiger partial charge in [-0.25, -0.2) is 0 Å². The van der Waals surface area contributed by atoms with Gasteiger partial charge in [-0.05, 0) is 0 Å². The molecular formula is C16H22BF4NOTe. The van der Waals surface area contributed by atoms with Gasteiger partial charge in [-0.3, -0.25) is 0 Å². The van der Waals surface area contributed by atoms with E-state index in [-0.39, 0.29) is 20.4 Å². The fourth-order valence-electron chi connectivity index (χ4n) is 2.21. The quantitative estimate of drug-likeness (QED) is 0.276. The van der Waals surface area contributed by atoms with Crippen LogP contribution < -0.4 is 4.57 Å². The second-order valence-corrected chi connectivity index (χ2v) is 8.08. The summed E-state index contributed by atoms with van der Waals surface area (Å²) >= 11 is -0.264. The number of halogens is 4. The maximum atomic E-state index is 9.75. The normalized spacial score (nSPS) is 12.1. The summed E-state index contributed by atoms with van der Waals surface area (Å²) in [6, 6.07) is 6.85. The molecule has 0 bridgehead atoms. The van der Waals surface area contributed by atoms with Crippen LogP contribution in [0.5, 0.6) is 0 Å². The second-order valence-electron chi connectivity index (χ2n) is 5.05. The molecular weight excluding hydrogens is 437 g/mol. The molecule has 2 rings (SSSR count). The molecule has 1 heterocycles. The van der Waals surface area contributed by atoms with Gasteiger partial charge in [0, 0.05) is 0 Å². The molecule has 0 aliphatic rings. The van der Waals surface area contributed by atoms with Crippen LogP contribution in [0, 0.1) is 6.92 Å². The Bertz CT molecular complexity index is 691. The van der Waals surface area contributed by atoms with Crippen molar-refractivity contribution in [3.05, 3.63) is 33.2 Å². The Balaban J connectivity index is 0.000000505. The summed E-state index contributed by atoms with van der Waals surface area (Å²) in [6.45, 7) is 10.4. The van der Waals surface area contributed by atoms with Gasteiger partial charge < -0.3 is 17.3 Å². The molecule has 0 radical (unpaired) electrons. The van der Waals surface area contributed by atoms with Crippen molar-refractivity contribution in [1.82, 2.24) is 0 Å². The summed E-state index contributed by atoms with van der Waals surface area (Å²) < 4.78 is 50.2. The van der Waals surface area contributed by atoms with Crippen LogP contribution in [0.25, 0.3) is 15.0 Å². The topological polar surface area (TPSA) is 13.1 Å². The Morgan fingerprint density at radius 3 is 2.33 bits per heavy atom. The van der Waals surface area contributed by atoms with Gasteiger partial charge in [-0.15, -0.1) is 0 Å². The van der Waals surface area contributed by atoms with E-state index >= 15 is 0 Å². The van der Waals surface area contributed by atoms with Gasteiger partial charge in [0.25, 0.3) is 0 Å². The van der Waals surface area contributed by atoms with E-state index in [2.05, 4.69) is 56.5 Å². The monoisotopic (exact) mass is 461 g/mol. The van der Waals surface area contributed by atoms with Gasteiger partial charge in [-0.1, -0.05) is 0 Å². The van der Waals surface area contributed by atoms with E-state index in [4.69, 9.17) is 4.74 Å². The number of rotatable bonds is 5. The van der Waals surface area contributed by atoms with Crippen LogP contribution in [0.2, 0.25) is 0 Å². The molecule has 1 aromatic carbocycles. The number of ether oxygens (including phenoxy) is 1. The smallest absolute Gasteiger partial charge is 0.418 e. The van der Waals surface area contributed by atoms with Crippen LogP contribution in [0.1, 0.15) is 36.5 Å². The molecule has 0 saturated heterocycles. The fourth-order valence-corrected chi connectivity index (χ4v) is 5.53. The van der Waals surface area contributed by atoms with E-state index in [1.807, 2.05) is 0 Å². The largest absolute Gasteiger partial charge is 0.673 e. The third-order valence-electron chi connectivity index (χ3n) is 3.16. The van der Waals surface area contributed by atoms with Crippen molar-refractivity contribution in [2.24, 2.45) is 0 Å². The first-order chi connectivity index (χ1) is 11.2. The molecule has 1 aromatic heterocycles. The average molecular weight is 459 g/mol. The summed E-state index contributed by atoms with van der Waals surface area (Å²) in [6.07, 6.45) is 3.25. The van der Waals surface area contributed by atoms with Crippen molar-refractivity contribution in [2.45, 2.75) is 40.7 Å². The van der Waals surface area contributed by atoms with Crippen molar-refractivity contribution >= 4 is 42.7 Å². The molecule has 0 aliphatic carbocycles. The number of hydrogen-bond acceptors (Lipinski definition) is 1. The van der Waals surface area contributed by atoms with Gasteiger partial charge in [0.1, 0.15) is 0 Å². The van der Waals surface area contributed by atoms with E-state index in [9.17, 15) is 17.3 Å². The summed E-state index contributed by atoms with van der Waals surface area (Å²) in [5.74, 6) is 1.12. The summed E-state index contributed by atoms with van der Waals surface area (Å²) in [4.78, 5) is 0. The van der Waals surface area contributed by atoms with Gasteiger partial charge in [-0.2, -0.15) is 0 Å². The molecule has 0 unspecified atom stereocenters. The Hall–Kier alpha value is -0.995. The Kier molecular flexibility index (Phi) is 8.31. The first kappa shape index (κ1) is 21.0. The number of aryl methyl sites for hydroxylation is 2. The van der Waals surface area contributed by atoms with Gasteiger partial charge in [0.05, 0.1) is 0 Å².